The van der Waals surface area contributed by atoms with Gasteiger partial charge in [-0.1, -0.05) is 18.2 Å². The summed E-state index contributed by atoms with van der Waals surface area (Å²) in [5.41, 5.74) is 2.69. The van der Waals surface area contributed by atoms with Gasteiger partial charge >= 0.3 is 151 Å². The summed E-state index contributed by atoms with van der Waals surface area (Å²) in [4.78, 5) is 7.92. The normalized spacial score (nSPS) is 18.7. The van der Waals surface area contributed by atoms with Gasteiger partial charge in [0.25, 0.3) is 0 Å². The van der Waals surface area contributed by atoms with Crippen molar-refractivity contribution in [2.24, 2.45) is 0 Å². The van der Waals surface area contributed by atoms with Gasteiger partial charge in [-0.3, -0.25) is 0 Å². The van der Waals surface area contributed by atoms with E-state index in [0.29, 0.717) is 20.8 Å². The molecule has 0 radical (unpaired) electrons. The van der Waals surface area contributed by atoms with E-state index in [4.69, 9.17) is 0 Å². The predicted octanol–water partition coefficient (Wildman–Crippen LogP) is 3.19. The Labute approximate surface area is 205 Å². The third kappa shape index (κ3) is 7.09. The van der Waals surface area contributed by atoms with Crippen molar-refractivity contribution < 1.29 is 0 Å². The van der Waals surface area contributed by atoms with Crippen molar-refractivity contribution >= 4 is 57.6 Å². The van der Waals surface area contributed by atoms with Crippen LogP contribution in [-0.4, -0.2) is 85.6 Å². The van der Waals surface area contributed by atoms with E-state index in [-0.39, 0.29) is 37.2 Å². The van der Waals surface area contributed by atoms with Crippen LogP contribution in [0.4, 0.5) is 5.69 Å². The number of aromatic nitrogens is 2. The average Bonchev–Trinajstić information content (AvgIpc) is 3.20. The number of nitrogens with zero attached hydrogens (tertiary/aromatic N) is 5. The molecule has 5 nitrogen and oxygen atoms in total. The van der Waals surface area contributed by atoms with Gasteiger partial charge in [0, 0.05) is 0 Å². The molecule has 9 heteroatoms. The summed E-state index contributed by atoms with van der Waals surface area (Å²) < 4.78 is 5.87. The van der Waals surface area contributed by atoms with Crippen molar-refractivity contribution in [2.45, 2.75) is 38.6 Å². The molecule has 1 fully saturated rings. The molecule has 1 aliphatic heterocycles. The summed E-state index contributed by atoms with van der Waals surface area (Å²) in [7, 11) is 0. The van der Waals surface area contributed by atoms with Crippen molar-refractivity contribution in [1.29, 1.82) is 0 Å². The molecule has 1 aromatic heterocycles. The van der Waals surface area contributed by atoms with E-state index in [1.54, 1.807) is 4.44 Å². The maximum atomic E-state index is 4.35. The Bertz CT molecular complexity index is 710. The monoisotopic (exact) mass is 541 g/mol. The molecule has 2 aliphatic rings. The van der Waals surface area contributed by atoms with Crippen LogP contribution in [0, 0.1) is 0 Å². The molecule has 0 saturated carbocycles. The number of aryl methyl sites for hydroxylation is 1. The molecule has 170 valence electrons. The van der Waals surface area contributed by atoms with Gasteiger partial charge in [-0.05, 0) is 0 Å². The Kier molecular flexibility index (Phi) is 12.9. The maximum absolute atomic E-state index is 4.35. The molecule has 2 heterocycles. The maximum Gasteiger partial charge on any atom is -0.147 e. The van der Waals surface area contributed by atoms with Crippen LogP contribution in [0.15, 0.2) is 30.3 Å². The number of rotatable bonds is 7. The first-order valence-electron chi connectivity index (χ1n) is 10.4. The zero-order valence-corrected chi connectivity index (χ0v) is 21.8. The van der Waals surface area contributed by atoms with Crippen molar-refractivity contribution in [3.05, 3.63) is 40.5 Å². The van der Waals surface area contributed by atoms with Crippen molar-refractivity contribution in [1.82, 2.24) is 19.0 Å². The fourth-order valence-electron chi connectivity index (χ4n) is 4.41. The molecule has 0 spiro atoms. The predicted molar refractivity (Wildman–Crippen MR) is 133 cm³/mol. The zero-order valence-electron chi connectivity index (χ0n) is 17.6. The van der Waals surface area contributed by atoms with Crippen molar-refractivity contribution in [2.75, 3.05) is 50.7 Å². The van der Waals surface area contributed by atoms with E-state index < -0.39 is 0 Å². The summed E-state index contributed by atoms with van der Waals surface area (Å²) in [5, 5.41) is 4.35. The molecule has 2 aromatic rings. The fraction of sp³-hybridized carbons (Fsp3) is 0.619. The van der Waals surface area contributed by atoms with Gasteiger partial charge in [0.05, 0.1) is 0 Å². The number of piperazine rings is 1. The minimum atomic E-state index is 0. The van der Waals surface area contributed by atoms with Crippen LogP contribution in [0.2, 0.25) is 0 Å². The summed E-state index contributed by atoms with van der Waals surface area (Å²) in [6.07, 6.45) is 4.85. The fourth-order valence-corrected chi connectivity index (χ4v) is 5.99. The summed E-state index contributed by atoms with van der Waals surface area (Å²) in [6.45, 7) is 10.6. The first kappa shape index (κ1) is 27.7. The molecule has 0 N–H and O–H groups in total. The SMILES string of the molecule is CCCN(CCN1CCN(c2ccccc2)CC1)C1CCc2nn[se]c2C1.Cl.Cl.Cl. The second-order valence-electron chi connectivity index (χ2n) is 7.74. The molecule has 0 amide bonds. The number of fused-ring (bicyclic) bond motifs is 1. The molecule has 1 aromatic carbocycles. The smallest absolute Gasteiger partial charge is 0.147 e. The third-order valence-corrected chi connectivity index (χ3v) is 7.64. The minimum Gasteiger partial charge on any atom is -0.147 e. The molecule has 1 saturated heterocycles. The second-order valence-corrected chi connectivity index (χ2v) is 9.50. The zero-order chi connectivity index (χ0) is 18.5. The van der Waals surface area contributed by atoms with Gasteiger partial charge < -0.3 is 0 Å². The standard InChI is InChI=1S/C21H31N5Se.3ClH/c1-2-10-25(19-8-9-20-21(17-19)27-23-22-20)14-11-24-12-15-26(16-13-24)18-6-4-3-5-7-18;;;/h3-7,19H,2,8-17H2,1H3;3*1H. The number of anilines is 1. The summed E-state index contributed by atoms with van der Waals surface area (Å²) in [5.74, 6) is 0. The van der Waals surface area contributed by atoms with Crippen LogP contribution in [0.1, 0.15) is 29.9 Å². The Morgan fingerprint density at radius 3 is 2.47 bits per heavy atom. The largest absolute Gasteiger partial charge is 0.147 e. The summed E-state index contributed by atoms with van der Waals surface area (Å²) >= 11 is 0.291. The Morgan fingerprint density at radius 2 is 1.77 bits per heavy atom. The molecular weight excluding hydrogens is 508 g/mol. The second kappa shape index (κ2) is 13.9. The van der Waals surface area contributed by atoms with Gasteiger partial charge in [-0.2, -0.15) is 0 Å². The van der Waals surface area contributed by atoms with Gasteiger partial charge in [0.1, 0.15) is 0 Å². The first-order chi connectivity index (χ1) is 13.3. The number of hydrogen-bond acceptors (Lipinski definition) is 5. The number of hydrogen-bond donors (Lipinski definition) is 0. The number of benzene rings is 1. The van der Waals surface area contributed by atoms with E-state index in [0.717, 1.165) is 19.5 Å². The van der Waals surface area contributed by atoms with E-state index in [1.165, 1.54) is 63.4 Å². The van der Waals surface area contributed by atoms with Crippen LogP contribution in [-0.2, 0) is 12.8 Å². The van der Waals surface area contributed by atoms with Crippen LogP contribution in [0.5, 0.6) is 0 Å². The summed E-state index contributed by atoms with van der Waals surface area (Å²) in [6, 6.07) is 11.5. The van der Waals surface area contributed by atoms with Crippen LogP contribution >= 0.6 is 37.2 Å². The molecule has 0 bridgehead atoms. The molecule has 1 unspecified atom stereocenters. The van der Waals surface area contributed by atoms with E-state index in [9.17, 15) is 0 Å². The van der Waals surface area contributed by atoms with Crippen LogP contribution in [0.25, 0.3) is 0 Å². The van der Waals surface area contributed by atoms with Gasteiger partial charge in [-0.15, -0.1) is 37.2 Å². The van der Waals surface area contributed by atoms with Crippen LogP contribution in [0.3, 0.4) is 0 Å². The quantitative estimate of drug-likeness (QED) is 0.503. The van der Waals surface area contributed by atoms with E-state index in [1.807, 2.05) is 0 Å². The first-order valence-corrected chi connectivity index (χ1v) is 12.0. The number of halogens is 3. The van der Waals surface area contributed by atoms with E-state index in [2.05, 4.69) is 61.1 Å². The number of para-hydroxylation sites is 1. The molecular formula is C21H34Cl3N5Se. The molecule has 4 rings (SSSR count). The van der Waals surface area contributed by atoms with Gasteiger partial charge in [0.15, 0.2) is 0 Å². The van der Waals surface area contributed by atoms with Gasteiger partial charge in [0.2, 0.25) is 0 Å². The Morgan fingerprint density at radius 1 is 1.03 bits per heavy atom. The molecule has 1 aliphatic carbocycles. The van der Waals surface area contributed by atoms with Crippen molar-refractivity contribution in [3.63, 3.8) is 0 Å². The Hall–Kier alpha value is -0.331. The Balaban J connectivity index is 0.00000150. The third-order valence-electron chi connectivity index (χ3n) is 5.99. The van der Waals surface area contributed by atoms with Crippen molar-refractivity contribution in [3.8, 4) is 0 Å². The van der Waals surface area contributed by atoms with Gasteiger partial charge in [-0.25, -0.2) is 0 Å². The molecule has 1 atom stereocenters. The van der Waals surface area contributed by atoms with E-state index >= 15 is 0 Å². The molecule has 30 heavy (non-hydrogen) atoms. The topological polar surface area (TPSA) is 35.5 Å². The minimum absolute atomic E-state index is 0. The average molecular weight is 542 g/mol. The van der Waals surface area contributed by atoms with Crippen LogP contribution < -0.4 is 4.90 Å².